The fourth-order valence-corrected chi connectivity index (χ4v) is 1.49. The third-order valence-corrected chi connectivity index (χ3v) is 2.44. The quantitative estimate of drug-likeness (QED) is 0.724. The molecular formula is C13H11N3O3. The Morgan fingerprint density at radius 1 is 1.21 bits per heavy atom. The number of hydrogen-bond donors (Lipinski definition) is 3. The molecule has 2 rings (SSSR count). The highest BCUT2D eigenvalue weighted by Gasteiger charge is 2.10. The Kier molecular flexibility index (Phi) is 3.42. The van der Waals surface area contributed by atoms with Crippen molar-refractivity contribution in [2.45, 2.75) is 0 Å². The van der Waals surface area contributed by atoms with Crippen LogP contribution in [-0.4, -0.2) is 22.0 Å². The molecule has 1 aromatic heterocycles. The predicted octanol–water partition coefficient (Wildman–Crippen LogP) is 1.61. The second-order valence-electron chi connectivity index (χ2n) is 3.78. The van der Waals surface area contributed by atoms with Gasteiger partial charge in [0.2, 0.25) is 0 Å². The Labute approximate surface area is 108 Å². The highest BCUT2D eigenvalue weighted by atomic mass is 16.4. The Hall–Kier alpha value is -2.89. The molecule has 0 radical (unpaired) electrons. The van der Waals surface area contributed by atoms with Gasteiger partial charge in [-0.2, -0.15) is 0 Å². The minimum atomic E-state index is -1.07. The maximum Gasteiger partial charge on any atom is 0.335 e. The number of benzene rings is 1. The first-order valence-electron chi connectivity index (χ1n) is 5.43. The molecule has 0 spiro atoms. The van der Waals surface area contributed by atoms with Crippen LogP contribution in [-0.2, 0) is 0 Å². The number of nitrogens with two attached hydrogens (primary N) is 1. The average Bonchev–Trinajstić information content (AvgIpc) is 2.41. The number of anilines is 2. The molecule has 0 fully saturated rings. The number of aromatic carboxylic acids is 1. The third-order valence-electron chi connectivity index (χ3n) is 2.44. The van der Waals surface area contributed by atoms with Crippen LogP contribution in [0.4, 0.5) is 11.4 Å². The number of rotatable bonds is 3. The maximum atomic E-state index is 11.8. The highest BCUT2D eigenvalue weighted by molar-refractivity contribution is 6.05. The Balaban J connectivity index is 2.20. The lowest BCUT2D eigenvalue weighted by molar-refractivity contribution is 0.0697. The molecule has 4 N–H and O–H groups in total. The number of aromatic nitrogens is 1. The monoisotopic (exact) mass is 257 g/mol. The van der Waals surface area contributed by atoms with E-state index in [2.05, 4.69) is 10.3 Å². The van der Waals surface area contributed by atoms with Crippen molar-refractivity contribution in [1.29, 1.82) is 0 Å². The van der Waals surface area contributed by atoms with Crippen LogP contribution in [0.1, 0.15) is 20.8 Å². The van der Waals surface area contributed by atoms with Crippen molar-refractivity contribution in [3.05, 3.63) is 53.9 Å². The number of carboxylic acids is 1. The fraction of sp³-hybridized carbons (Fsp3) is 0. The second kappa shape index (κ2) is 5.18. The number of hydrogen-bond acceptors (Lipinski definition) is 4. The molecule has 19 heavy (non-hydrogen) atoms. The molecule has 0 aliphatic carbocycles. The largest absolute Gasteiger partial charge is 0.478 e. The first-order valence-corrected chi connectivity index (χ1v) is 5.43. The van der Waals surface area contributed by atoms with E-state index in [1.807, 2.05) is 0 Å². The van der Waals surface area contributed by atoms with E-state index in [0.29, 0.717) is 5.69 Å². The molecule has 0 unspecified atom stereocenters. The van der Waals surface area contributed by atoms with E-state index >= 15 is 0 Å². The van der Waals surface area contributed by atoms with E-state index in [9.17, 15) is 9.59 Å². The van der Waals surface area contributed by atoms with Crippen molar-refractivity contribution in [3.8, 4) is 0 Å². The number of nitrogens with zero attached hydrogens (tertiary/aromatic N) is 1. The molecule has 0 aliphatic rings. The first kappa shape index (κ1) is 12.6. The predicted molar refractivity (Wildman–Crippen MR) is 70.0 cm³/mol. The molecule has 2 aromatic rings. The van der Waals surface area contributed by atoms with E-state index in [1.54, 1.807) is 18.2 Å². The first-order chi connectivity index (χ1) is 9.08. The van der Waals surface area contributed by atoms with Crippen molar-refractivity contribution in [2.24, 2.45) is 0 Å². The summed E-state index contributed by atoms with van der Waals surface area (Å²) in [7, 11) is 0. The minimum absolute atomic E-state index is 0.0633. The van der Waals surface area contributed by atoms with E-state index in [-0.39, 0.29) is 16.9 Å². The summed E-state index contributed by atoms with van der Waals surface area (Å²) in [6.45, 7) is 0. The zero-order chi connectivity index (χ0) is 13.8. The van der Waals surface area contributed by atoms with Crippen LogP contribution in [0.25, 0.3) is 0 Å². The van der Waals surface area contributed by atoms with Crippen molar-refractivity contribution in [2.75, 3.05) is 11.1 Å². The summed E-state index contributed by atoms with van der Waals surface area (Å²) in [5, 5.41) is 11.4. The number of carboxylic acid groups (broad SMARTS) is 1. The van der Waals surface area contributed by atoms with Gasteiger partial charge in [0.25, 0.3) is 5.91 Å². The Morgan fingerprint density at radius 3 is 2.58 bits per heavy atom. The molecule has 1 amide bonds. The van der Waals surface area contributed by atoms with Crippen molar-refractivity contribution in [1.82, 2.24) is 4.98 Å². The van der Waals surface area contributed by atoms with Crippen LogP contribution in [0.5, 0.6) is 0 Å². The van der Waals surface area contributed by atoms with Crippen molar-refractivity contribution >= 4 is 23.3 Å². The van der Waals surface area contributed by atoms with E-state index in [4.69, 9.17) is 10.8 Å². The maximum absolute atomic E-state index is 11.8. The van der Waals surface area contributed by atoms with Crippen LogP contribution >= 0.6 is 0 Å². The average molecular weight is 257 g/mol. The van der Waals surface area contributed by atoms with Gasteiger partial charge in [-0.05, 0) is 30.3 Å². The smallest absolute Gasteiger partial charge is 0.335 e. The lowest BCUT2D eigenvalue weighted by Gasteiger charge is -2.08. The molecule has 6 heteroatoms. The molecular weight excluding hydrogens is 246 g/mol. The molecule has 1 aromatic carbocycles. The van der Waals surface area contributed by atoms with Gasteiger partial charge >= 0.3 is 5.97 Å². The number of nitrogens with one attached hydrogen (secondary N) is 1. The zero-order valence-corrected chi connectivity index (χ0v) is 9.83. The number of pyridine rings is 1. The molecule has 0 saturated heterocycles. The van der Waals surface area contributed by atoms with E-state index in [1.165, 1.54) is 24.4 Å². The molecule has 0 bridgehead atoms. The van der Waals surface area contributed by atoms with Gasteiger partial charge < -0.3 is 16.2 Å². The summed E-state index contributed by atoms with van der Waals surface area (Å²) in [5.74, 6) is -1.48. The molecule has 0 aliphatic heterocycles. The summed E-state index contributed by atoms with van der Waals surface area (Å²) < 4.78 is 0. The lowest BCUT2D eigenvalue weighted by atomic mass is 10.1. The van der Waals surface area contributed by atoms with Crippen molar-refractivity contribution in [3.63, 3.8) is 0 Å². The van der Waals surface area contributed by atoms with Gasteiger partial charge in [-0.15, -0.1) is 0 Å². The number of carbonyl (C=O) groups is 2. The van der Waals surface area contributed by atoms with E-state index in [0.717, 1.165) is 0 Å². The molecule has 0 saturated carbocycles. The number of amides is 1. The summed E-state index contributed by atoms with van der Waals surface area (Å²) in [5.41, 5.74) is 6.54. The van der Waals surface area contributed by atoms with Crippen LogP contribution in [0.15, 0.2) is 42.6 Å². The molecule has 0 atom stereocenters. The SMILES string of the molecule is Nc1cc(C(=O)O)ccc1NC(=O)c1ccccn1. The number of nitrogen functional groups attached to an aromatic ring is 1. The fourth-order valence-electron chi connectivity index (χ4n) is 1.49. The zero-order valence-electron chi connectivity index (χ0n) is 9.83. The summed E-state index contributed by atoms with van der Waals surface area (Å²) in [6.07, 6.45) is 1.51. The normalized spacial score (nSPS) is 9.89. The van der Waals surface area contributed by atoms with Crippen LogP contribution < -0.4 is 11.1 Å². The van der Waals surface area contributed by atoms with Gasteiger partial charge in [0.15, 0.2) is 0 Å². The summed E-state index contributed by atoms with van der Waals surface area (Å²) in [4.78, 5) is 26.5. The Morgan fingerprint density at radius 2 is 2.00 bits per heavy atom. The third kappa shape index (κ3) is 2.86. The van der Waals surface area contributed by atoms with Crippen molar-refractivity contribution < 1.29 is 14.7 Å². The van der Waals surface area contributed by atoms with Crippen LogP contribution in [0.3, 0.4) is 0 Å². The Bertz CT molecular complexity index is 626. The highest BCUT2D eigenvalue weighted by Crippen LogP contribution is 2.20. The topological polar surface area (TPSA) is 105 Å². The van der Waals surface area contributed by atoms with Crippen LogP contribution in [0.2, 0.25) is 0 Å². The van der Waals surface area contributed by atoms with Crippen LogP contribution in [0, 0.1) is 0 Å². The van der Waals surface area contributed by atoms with Gasteiger partial charge in [-0.25, -0.2) is 4.79 Å². The molecule has 1 heterocycles. The molecule has 6 nitrogen and oxygen atoms in total. The van der Waals surface area contributed by atoms with E-state index < -0.39 is 11.9 Å². The minimum Gasteiger partial charge on any atom is -0.478 e. The van der Waals surface area contributed by atoms with Gasteiger partial charge in [-0.3, -0.25) is 9.78 Å². The molecule has 96 valence electrons. The lowest BCUT2D eigenvalue weighted by Crippen LogP contribution is -2.14. The van der Waals surface area contributed by atoms with Gasteiger partial charge in [0.05, 0.1) is 16.9 Å². The number of carbonyl (C=O) groups excluding carboxylic acids is 1. The second-order valence-corrected chi connectivity index (χ2v) is 3.78. The summed E-state index contributed by atoms with van der Waals surface area (Å²) >= 11 is 0. The van der Waals surface area contributed by atoms with Gasteiger partial charge in [-0.1, -0.05) is 6.07 Å². The van der Waals surface area contributed by atoms with Gasteiger partial charge in [0.1, 0.15) is 5.69 Å². The summed E-state index contributed by atoms with van der Waals surface area (Å²) in [6, 6.07) is 9.06. The van der Waals surface area contributed by atoms with Gasteiger partial charge in [0, 0.05) is 6.20 Å². The standard InChI is InChI=1S/C13H11N3O3/c14-9-7-8(13(18)19)4-5-10(9)16-12(17)11-3-1-2-6-15-11/h1-7H,14H2,(H,16,17)(H,18,19).